The third-order valence-electron chi connectivity index (χ3n) is 9.73. The molecule has 0 bridgehead atoms. The standard InChI is InChI=1S/C47H83NO7/c1-6-8-10-12-14-16-17-18-19-20-21-22-23-24-25-26-27-28-30-32-34-36-38-46(50)55-43(41-53-40-39-44(47(51)52)48(3,4)5)42-54-45(49)37-35-33-31-29-15-13-11-9-7-2/h9,11,15,23-24,29,33,35,43-44H,6-8,10,12-14,16-22,25-28,30-32,34,36-42H2,1-5H3/b11-9+,24-23+,29-15+,35-33+. The number of unbranched alkanes of at least 4 members (excludes halogenated alkanes) is 18. The second kappa shape index (κ2) is 38.2. The maximum atomic E-state index is 12.7. The summed E-state index contributed by atoms with van der Waals surface area (Å²) in [5.74, 6) is -1.89. The fourth-order valence-corrected chi connectivity index (χ4v) is 6.30. The van der Waals surface area contributed by atoms with Crippen LogP contribution in [0.15, 0.2) is 48.6 Å². The van der Waals surface area contributed by atoms with Gasteiger partial charge in [0, 0.05) is 12.8 Å². The lowest BCUT2D eigenvalue weighted by Crippen LogP contribution is -2.55. The van der Waals surface area contributed by atoms with E-state index in [1.165, 1.54) is 109 Å². The number of likely N-dealkylation sites (N-methyl/N-ethyl adjacent to an activating group) is 1. The van der Waals surface area contributed by atoms with E-state index in [0.29, 0.717) is 6.42 Å². The highest BCUT2D eigenvalue weighted by molar-refractivity contribution is 5.71. The fraction of sp³-hybridized carbons (Fsp3) is 0.766. The van der Waals surface area contributed by atoms with Crippen LogP contribution >= 0.6 is 0 Å². The zero-order valence-corrected chi connectivity index (χ0v) is 36.1. The van der Waals surface area contributed by atoms with Crippen molar-refractivity contribution in [3.8, 4) is 0 Å². The van der Waals surface area contributed by atoms with Gasteiger partial charge < -0.3 is 28.6 Å². The molecule has 0 aliphatic rings. The van der Waals surface area contributed by atoms with Crippen LogP contribution in [0.25, 0.3) is 0 Å². The number of hydrogen-bond donors (Lipinski definition) is 0. The van der Waals surface area contributed by atoms with Crippen molar-refractivity contribution >= 4 is 17.9 Å². The van der Waals surface area contributed by atoms with Gasteiger partial charge in [-0.3, -0.25) is 9.59 Å². The predicted molar refractivity (Wildman–Crippen MR) is 226 cm³/mol. The van der Waals surface area contributed by atoms with Gasteiger partial charge in [-0.15, -0.1) is 0 Å². The highest BCUT2D eigenvalue weighted by Gasteiger charge is 2.25. The molecular formula is C47H83NO7. The Bertz CT molecular complexity index is 1040. The molecular weight excluding hydrogens is 691 g/mol. The van der Waals surface area contributed by atoms with Gasteiger partial charge in [0.1, 0.15) is 12.6 Å². The van der Waals surface area contributed by atoms with Crippen molar-refractivity contribution < 1.29 is 38.2 Å². The van der Waals surface area contributed by atoms with Crippen LogP contribution in [0.3, 0.4) is 0 Å². The summed E-state index contributed by atoms with van der Waals surface area (Å²) >= 11 is 0. The summed E-state index contributed by atoms with van der Waals surface area (Å²) in [6.45, 7) is 4.43. The smallest absolute Gasteiger partial charge is 0.309 e. The van der Waals surface area contributed by atoms with Crippen LogP contribution in [0.4, 0.5) is 0 Å². The van der Waals surface area contributed by atoms with E-state index in [0.717, 1.165) is 38.5 Å². The van der Waals surface area contributed by atoms with Crippen molar-refractivity contribution in [1.82, 2.24) is 0 Å². The second-order valence-electron chi connectivity index (χ2n) is 15.9. The van der Waals surface area contributed by atoms with Crippen molar-refractivity contribution in [3.63, 3.8) is 0 Å². The van der Waals surface area contributed by atoms with Crippen LogP contribution in [0.2, 0.25) is 0 Å². The van der Waals surface area contributed by atoms with E-state index < -0.39 is 24.1 Å². The minimum atomic E-state index is -1.14. The molecule has 0 aliphatic carbocycles. The van der Waals surface area contributed by atoms with Crippen LogP contribution in [-0.4, -0.2) is 75.5 Å². The normalized spacial score (nSPS) is 13.4. The summed E-state index contributed by atoms with van der Waals surface area (Å²) in [6.07, 6.45) is 44.8. The summed E-state index contributed by atoms with van der Waals surface area (Å²) in [7, 11) is 5.37. The van der Waals surface area contributed by atoms with Crippen molar-refractivity contribution in [2.45, 2.75) is 193 Å². The zero-order chi connectivity index (χ0) is 40.7. The van der Waals surface area contributed by atoms with Gasteiger partial charge in [0.05, 0.1) is 46.7 Å². The molecule has 8 nitrogen and oxygen atoms in total. The SMILES string of the molecule is CC/C=C/C/C=C/C/C=C/CC(=O)OCC(COCCC(C(=O)[O-])[N+](C)(C)C)OC(=O)CCCCCCCCC/C=C/CCCCCCCCCCCCC. The average Bonchev–Trinajstić information content (AvgIpc) is 3.14. The van der Waals surface area contributed by atoms with Gasteiger partial charge >= 0.3 is 11.9 Å². The molecule has 318 valence electrons. The molecule has 0 radical (unpaired) electrons. The molecule has 0 amide bonds. The van der Waals surface area contributed by atoms with Gasteiger partial charge in [-0.2, -0.15) is 0 Å². The Morgan fingerprint density at radius 2 is 1.07 bits per heavy atom. The molecule has 0 saturated heterocycles. The Kier molecular flexibility index (Phi) is 36.3. The van der Waals surface area contributed by atoms with Gasteiger partial charge in [0.25, 0.3) is 0 Å². The molecule has 0 heterocycles. The Hall–Kier alpha value is -2.71. The summed E-state index contributed by atoms with van der Waals surface area (Å²) in [5.41, 5.74) is 0. The fourth-order valence-electron chi connectivity index (χ4n) is 6.30. The first-order chi connectivity index (χ1) is 26.6. The summed E-state index contributed by atoms with van der Waals surface area (Å²) in [4.78, 5) is 36.6. The van der Waals surface area contributed by atoms with Crippen molar-refractivity contribution in [1.29, 1.82) is 0 Å². The third kappa shape index (κ3) is 36.7. The van der Waals surface area contributed by atoms with E-state index in [9.17, 15) is 19.5 Å². The minimum absolute atomic E-state index is 0.0115. The number of esters is 2. The highest BCUT2D eigenvalue weighted by Crippen LogP contribution is 2.14. The lowest BCUT2D eigenvalue weighted by Gasteiger charge is -2.34. The number of hydrogen-bond acceptors (Lipinski definition) is 7. The monoisotopic (exact) mass is 774 g/mol. The first kappa shape index (κ1) is 52.3. The van der Waals surface area contributed by atoms with Crippen LogP contribution in [0.1, 0.15) is 181 Å². The number of carbonyl (C=O) groups is 3. The molecule has 0 N–H and O–H groups in total. The van der Waals surface area contributed by atoms with Gasteiger partial charge in [-0.25, -0.2) is 0 Å². The lowest BCUT2D eigenvalue weighted by atomic mass is 10.0. The molecule has 0 rings (SSSR count). The number of carboxylic acid groups (broad SMARTS) is 1. The van der Waals surface area contributed by atoms with E-state index in [4.69, 9.17) is 14.2 Å². The van der Waals surface area contributed by atoms with Crippen LogP contribution in [0.5, 0.6) is 0 Å². The number of nitrogens with zero attached hydrogens (tertiary/aromatic N) is 1. The topological polar surface area (TPSA) is 102 Å². The number of ether oxygens (including phenoxy) is 3. The van der Waals surface area contributed by atoms with Crippen LogP contribution < -0.4 is 5.11 Å². The predicted octanol–water partition coefficient (Wildman–Crippen LogP) is 10.7. The number of aliphatic carboxylic acids is 1. The largest absolute Gasteiger partial charge is 0.544 e. The number of allylic oxidation sites excluding steroid dienone is 7. The Balaban J connectivity index is 4.26. The third-order valence-corrected chi connectivity index (χ3v) is 9.73. The van der Waals surface area contributed by atoms with Crippen molar-refractivity contribution in [2.24, 2.45) is 0 Å². The van der Waals surface area contributed by atoms with Gasteiger partial charge in [0.2, 0.25) is 0 Å². The Morgan fingerprint density at radius 1 is 0.582 bits per heavy atom. The van der Waals surface area contributed by atoms with Crippen molar-refractivity contribution in [2.75, 3.05) is 41.0 Å². The molecule has 55 heavy (non-hydrogen) atoms. The van der Waals surface area contributed by atoms with Crippen molar-refractivity contribution in [3.05, 3.63) is 48.6 Å². The van der Waals surface area contributed by atoms with E-state index in [1.807, 2.05) is 6.08 Å². The first-order valence-corrected chi connectivity index (χ1v) is 22.2. The molecule has 8 heteroatoms. The quantitative estimate of drug-likeness (QED) is 0.0265. The number of carbonyl (C=O) groups excluding carboxylic acids is 3. The molecule has 0 aromatic heterocycles. The Labute approximate surface area is 337 Å². The summed E-state index contributed by atoms with van der Waals surface area (Å²) in [5, 5.41) is 11.6. The lowest BCUT2D eigenvalue weighted by molar-refractivity contribution is -0.889. The molecule has 0 saturated carbocycles. The van der Waals surface area contributed by atoms with E-state index in [2.05, 4.69) is 50.3 Å². The van der Waals surface area contributed by atoms with Gasteiger partial charge in [-0.1, -0.05) is 159 Å². The van der Waals surface area contributed by atoms with E-state index in [-0.39, 0.29) is 43.1 Å². The average molecular weight is 774 g/mol. The summed E-state index contributed by atoms with van der Waals surface area (Å²) < 4.78 is 17.0. The number of carboxylic acids is 1. The van der Waals surface area contributed by atoms with Gasteiger partial charge in [-0.05, 0) is 51.4 Å². The highest BCUT2D eigenvalue weighted by atomic mass is 16.6. The molecule has 2 atom stereocenters. The van der Waals surface area contributed by atoms with E-state index >= 15 is 0 Å². The molecule has 0 aromatic carbocycles. The number of rotatable bonds is 39. The number of quaternary nitrogens is 1. The van der Waals surface area contributed by atoms with Crippen LogP contribution in [-0.2, 0) is 28.6 Å². The summed E-state index contributed by atoms with van der Waals surface area (Å²) in [6, 6.07) is -0.737. The molecule has 0 spiro atoms. The second-order valence-corrected chi connectivity index (χ2v) is 15.9. The maximum Gasteiger partial charge on any atom is 0.309 e. The maximum absolute atomic E-state index is 12.7. The Morgan fingerprint density at radius 3 is 1.58 bits per heavy atom. The molecule has 2 unspecified atom stereocenters. The van der Waals surface area contributed by atoms with Gasteiger partial charge in [0.15, 0.2) is 6.10 Å². The molecule has 0 aliphatic heterocycles. The molecule has 0 aromatic rings. The zero-order valence-electron chi connectivity index (χ0n) is 36.1. The van der Waals surface area contributed by atoms with Crippen LogP contribution in [0, 0.1) is 0 Å². The molecule has 0 fully saturated rings. The minimum Gasteiger partial charge on any atom is -0.544 e. The first-order valence-electron chi connectivity index (χ1n) is 22.2. The van der Waals surface area contributed by atoms with E-state index in [1.54, 1.807) is 27.2 Å².